The Morgan fingerprint density at radius 2 is 1.96 bits per heavy atom. The Morgan fingerprint density at radius 3 is 2.63 bits per heavy atom. The quantitative estimate of drug-likeness (QED) is 0.678. The van der Waals surface area contributed by atoms with Gasteiger partial charge in [0, 0.05) is 23.2 Å². The third-order valence-corrected chi connectivity index (χ3v) is 5.41. The van der Waals surface area contributed by atoms with E-state index in [2.05, 4.69) is 10.3 Å². The van der Waals surface area contributed by atoms with E-state index in [9.17, 15) is 14.4 Å². The van der Waals surface area contributed by atoms with Gasteiger partial charge in [-0.3, -0.25) is 14.0 Å². The lowest BCUT2D eigenvalue weighted by molar-refractivity contribution is -0.142. The topological polar surface area (TPSA) is 89.8 Å². The van der Waals surface area contributed by atoms with Crippen molar-refractivity contribution in [2.45, 2.75) is 26.3 Å². The molecular formula is C19H19N3O4S. The van der Waals surface area contributed by atoms with Crippen LogP contribution in [0.1, 0.15) is 26.5 Å². The number of esters is 1. The second-order valence-electron chi connectivity index (χ2n) is 6.08. The number of hydrogen-bond acceptors (Lipinski definition) is 6. The van der Waals surface area contributed by atoms with E-state index < -0.39 is 23.5 Å². The molecule has 1 atom stereocenters. The van der Waals surface area contributed by atoms with E-state index >= 15 is 0 Å². The standard InChI is InChI=1S/C19H19N3O4S/c1-11-12(2)27-19-20-10-14(17(24)22(11)19)16(23)21-15(18(25)26-3)9-13-7-5-4-6-8-13/h4-8,10,15H,9H2,1-3H3,(H,21,23). The summed E-state index contributed by atoms with van der Waals surface area (Å²) in [5.41, 5.74) is 1.04. The van der Waals surface area contributed by atoms with Crippen LogP contribution >= 0.6 is 11.3 Å². The Morgan fingerprint density at radius 1 is 1.26 bits per heavy atom. The van der Waals surface area contributed by atoms with Crippen molar-refractivity contribution in [1.82, 2.24) is 14.7 Å². The van der Waals surface area contributed by atoms with Crippen molar-refractivity contribution in [3.63, 3.8) is 0 Å². The molecule has 0 aliphatic carbocycles. The fourth-order valence-corrected chi connectivity index (χ4v) is 3.68. The molecule has 1 unspecified atom stereocenters. The number of rotatable bonds is 5. The van der Waals surface area contributed by atoms with Gasteiger partial charge in [0.05, 0.1) is 7.11 Å². The molecule has 1 amide bonds. The van der Waals surface area contributed by atoms with E-state index in [1.54, 1.807) is 6.92 Å². The van der Waals surface area contributed by atoms with Crippen molar-refractivity contribution < 1.29 is 14.3 Å². The Labute approximate surface area is 159 Å². The molecule has 140 valence electrons. The van der Waals surface area contributed by atoms with Crippen molar-refractivity contribution in [2.75, 3.05) is 7.11 Å². The zero-order chi connectivity index (χ0) is 19.6. The van der Waals surface area contributed by atoms with Gasteiger partial charge in [-0.15, -0.1) is 11.3 Å². The molecule has 0 radical (unpaired) electrons. The summed E-state index contributed by atoms with van der Waals surface area (Å²) in [7, 11) is 1.26. The molecule has 0 aliphatic heterocycles. The summed E-state index contributed by atoms with van der Waals surface area (Å²) in [6.45, 7) is 3.69. The lowest BCUT2D eigenvalue weighted by Gasteiger charge is -2.16. The van der Waals surface area contributed by atoms with E-state index in [0.717, 1.165) is 16.1 Å². The normalized spacial score (nSPS) is 12.0. The van der Waals surface area contributed by atoms with Gasteiger partial charge in [0.1, 0.15) is 11.6 Å². The molecule has 2 heterocycles. The summed E-state index contributed by atoms with van der Waals surface area (Å²) in [5.74, 6) is -1.24. The van der Waals surface area contributed by atoms with Crippen LogP contribution in [0.25, 0.3) is 4.96 Å². The molecule has 7 nitrogen and oxygen atoms in total. The molecule has 3 aromatic rings. The Kier molecular flexibility index (Phi) is 5.36. The number of fused-ring (bicyclic) bond motifs is 1. The average molecular weight is 385 g/mol. The van der Waals surface area contributed by atoms with Crippen LogP contribution in [0, 0.1) is 13.8 Å². The monoisotopic (exact) mass is 385 g/mol. The highest BCUT2D eigenvalue weighted by Crippen LogP contribution is 2.18. The molecule has 2 aromatic heterocycles. The van der Waals surface area contributed by atoms with E-state index in [-0.39, 0.29) is 12.0 Å². The van der Waals surface area contributed by atoms with Gasteiger partial charge in [0.25, 0.3) is 11.5 Å². The number of hydrogen-bond donors (Lipinski definition) is 1. The van der Waals surface area contributed by atoms with Crippen molar-refractivity contribution in [1.29, 1.82) is 0 Å². The molecule has 0 bridgehead atoms. The highest BCUT2D eigenvalue weighted by molar-refractivity contribution is 7.17. The van der Waals surface area contributed by atoms with Gasteiger partial charge in [0.15, 0.2) is 4.96 Å². The second-order valence-corrected chi connectivity index (χ2v) is 7.26. The maximum absolute atomic E-state index is 12.7. The van der Waals surface area contributed by atoms with Crippen molar-refractivity contribution in [3.05, 3.63) is 68.6 Å². The fourth-order valence-electron chi connectivity index (χ4n) is 2.75. The van der Waals surface area contributed by atoms with Crippen LogP contribution < -0.4 is 10.9 Å². The molecule has 1 aromatic carbocycles. The minimum atomic E-state index is -0.907. The number of ether oxygens (including phenoxy) is 1. The highest BCUT2D eigenvalue weighted by Gasteiger charge is 2.25. The van der Waals surface area contributed by atoms with E-state index in [1.165, 1.54) is 29.0 Å². The number of carbonyl (C=O) groups excluding carboxylic acids is 2. The smallest absolute Gasteiger partial charge is 0.328 e. The maximum Gasteiger partial charge on any atom is 0.328 e. The largest absolute Gasteiger partial charge is 0.467 e. The zero-order valence-electron chi connectivity index (χ0n) is 15.2. The second kappa shape index (κ2) is 7.71. The first-order chi connectivity index (χ1) is 12.9. The predicted molar refractivity (Wildman–Crippen MR) is 102 cm³/mol. The number of nitrogens with one attached hydrogen (secondary N) is 1. The highest BCUT2D eigenvalue weighted by atomic mass is 32.1. The number of nitrogens with zero attached hydrogens (tertiary/aromatic N) is 2. The number of aromatic nitrogens is 2. The molecule has 0 saturated heterocycles. The van der Waals surface area contributed by atoms with Crippen LogP contribution in [0.5, 0.6) is 0 Å². The van der Waals surface area contributed by atoms with Crippen molar-refractivity contribution in [3.8, 4) is 0 Å². The number of thiazole rings is 1. The lowest BCUT2D eigenvalue weighted by Crippen LogP contribution is -2.44. The first-order valence-electron chi connectivity index (χ1n) is 8.32. The minimum Gasteiger partial charge on any atom is -0.467 e. The van der Waals surface area contributed by atoms with Crippen LogP contribution in [-0.2, 0) is 16.0 Å². The summed E-state index contributed by atoms with van der Waals surface area (Å²) in [4.78, 5) is 43.2. The van der Waals surface area contributed by atoms with E-state index in [4.69, 9.17) is 4.74 Å². The Bertz CT molecular complexity index is 1060. The SMILES string of the molecule is COC(=O)C(Cc1ccccc1)NC(=O)c1cnc2sc(C)c(C)n2c1=O. The summed E-state index contributed by atoms with van der Waals surface area (Å²) in [5, 5.41) is 2.60. The summed E-state index contributed by atoms with van der Waals surface area (Å²) >= 11 is 1.38. The molecule has 1 N–H and O–H groups in total. The molecule has 0 aliphatic rings. The van der Waals surface area contributed by atoms with E-state index in [0.29, 0.717) is 4.96 Å². The predicted octanol–water partition coefficient (Wildman–Crippen LogP) is 1.89. The first-order valence-corrected chi connectivity index (χ1v) is 9.14. The number of carbonyl (C=O) groups is 2. The van der Waals surface area contributed by atoms with Gasteiger partial charge in [0.2, 0.25) is 0 Å². The van der Waals surface area contributed by atoms with Gasteiger partial charge >= 0.3 is 5.97 Å². The van der Waals surface area contributed by atoms with Crippen molar-refractivity contribution >= 4 is 28.2 Å². The van der Waals surface area contributed by atoms with Gasteiger partial charge in [-0.05, 0) is 19.4 Å². The van der Waals surface area contributed by atoms with Crippen LogP contribution in [0.3, 0.4) is 0 Å². The first kappa shape index (κ1) is 18.8. The molecule has 8 heteroatoms. The van der Waals surface area contributed by atoms with Gasteiger partial charge in [-0.1, -0.05) is 30.3 Å². The average Bonchev–Trinajstić information content (AvgIpc) is 2.96. The minimum absolute atomic E-state index is 0.115. The summed E-state index contributed by atoms with van der Waals surface area (Å²) in [6, 6.07) is 8.34. The van der Waals surface area contributed by atoms with Crippen LogP contribution in [0.15, 0.2) is 41.3 Å². The Balaban J connectivity index is 1.90. The van der Waals surface area contributed by atoms with Gasteiger partial charge in [-0.2, -0.15) is 0 Å². The Hall–Kier alpha value is -3.00. The molecule has 0 spiro atoms. The molecular weight excluding hydrogens is 366 g/mol. The van der Waals surface area contributed by atoms with Crippen LogP contribution in [0.4, 0.5) is 0 Å². The van der Waals surface area contributed by atoms with Crippen molar-refractivity contribution in [2.24, 2.45) is 0 Å². The third kappa shape index (κ3) is 3.75. The van der Waals surface area contributed by atoms with E-state index in [1.807, 2.05) is 37.3 Å². The number of amides is 1. The maximum atomic E-state index is 12.7. The summed E-state index contributed by atoms with van der Waals surface area (Å²) in [6.07, 6.45) is 1.51. The number of aryl methyl sites for hydroxylation is 2. The zero-order valence-corrected chi connectivity index (χ0v) is 16.0. The molecule has 0 fully saturated rings. The van der Waals surface area contributed by atoms with Gasteiger partial charge < -0.3 is 10.1 Å². The lowest BCUT2D eigenvalue weighted by atomic mass is 10.1. The summed E-state index contributed by atoms with van der Waals surface area (Å²) < 4.78 is 6.21. The molecule has 3 rings (SSSR count). The number of methoxy groups -OCH3 is 1. The molecule has 27 heavy (non-hydrogen) atoms. The fraction of sp³-hybridized carbons (Fsp3) is 0.263. The van der Waals surface area contributed by atoms with Crippen LogP contribution in [0.2, 0.25) is 0 Å². The molecule has 0 saturated carbocycles. The third-order valence-electron chi connectivity index (χ3n) is 4.34. The van der Waals surface area contributed by atoms with Crippen LogP contribution in [-0.4, -0.2) is 34.4 Å². The van der Waals surface area contributed by atoms with Gasteiger partial charge in [-0.25, -0.2) is 9.78 Å². The number of benzene rings is 1.